The third kappa shape index (κ3) is 1.81. The molecule has 0 fully saturated rings. The van der Waals surface area contributed by atoms with E-state index in [0.29, 0.717) is 16.5 Å². The molecule has 86 valence electrons. The van der Waals surface area contributed by atoms with E-state index in [1.165, 1.54) is 0 Å². The molecule has 0 bridgehead atoms. The first-order chi connectivity index (χ1) is 7.63. The third-order valence-corrected chi connectivity index (χ3v) is 2.82. The number of likely N-dealkylation sites (N-methyl/N-ethyl adjacent to an activating group) is 1. The zero-order valence-corrected chi connectivity index (χ0v) is 9.20. The predicted octanol–water partition coefficient (Wildman–Crippen LogP) is 2.21. The minimum absolute atomic E-state index is 0.0904. The van der Waals surface area contributed by atoms with Crippen molar-refractivity contribution >= 4 is 11.0 Å². The van der Waals surface area contributed by atoms with Gasteiger partial charge in [0.2, 0.25) is 0 Å². The summed E-state index contributed by atoms with van der Waals surface area (Å²) < 4.78 is 18.3. The molecule has 2 N–H and O–H groups in total. The molecule has 0 aliphatic carbocycles. The van der Waals surface area contributed by atoms with Crippen molar-refractivity contribution in [3.05, 3.63) is 35.8 Å². The summed E-state index contributed by atoms with van der Waals surface area (Å²) in [5.41, 5.74) is 1.17. The molecule has 2 atom stereocenters. The lowest BCUT2D eigenvalue weighted by atomic mass is 10.0. The molecule has 2 rings (SSSR count). The van der Waals surface area contributed by atoms with E-state index in [9.17, 15) is 9.50 Å². The Balaban J connectivity index is 2.41. The molecule has 0 saturated heterocycles. The molecule has 16 heavy (non-hydrogen) atoms. The number of fused-ring (bicyclic) bond motifs is 1. The average Bonchev–Trinajstić information content (AvgIpc) is 2.68. The van der Waals surface area contributed by atoms with Crippen LogP contribution in [0.3, 0.4) is 0 Å². The molecule has 0 saturated carbocycles. The highest BCUT2D eigenvalue weighted by atomic mass is 19.1. The fourth-order valence-electron chi connectivity index (χ4n) is 1.65. The summed E-state index contributed by atoms with van der Waals surface area (Å²) in [6.07, 6.45) is 0.409. The quantitative estimate of drug-likeness (QED) is 0.838. The summed E-state index contributed by atoms with van der Waals surface area (Å²) in [7, 11) is 1.77. The highest BCUT2D eigenvalue weighted by Crippen LogP contribution is 2.25. The number of aliphatic hydroxyl groups excluding tert-OH is 1. The van der Waals surface area contributed by atoms with Gasteiger partial charge in [-0.3, -0.25) is 0 Å². The standard InChI is InChI=1S/C12H14FNO2/c1-7(14-2)12(15)8-3-4-11-9(5-8)10(13)6-16-11/h3-7,12,14-15H,1-2H3. The van der Waals surface area contributed by atoms with Gasteiger partial charge in [0.15, 0.2) is 5.82 Å². The number of furan rings is 1. The van der Waals surface area contributed by atoms with Gasteiger partial charge in [-0.05, 0) is 31.7 Å². The molecule has 0 radical (unpaired) electrons. The van der Waals surface area contributed by atoms with Crippen LogP contribution in [-0.2, 0) is 0 Å². The second kappa shape index (κ2) is 4.23. The number of rotatable bonds is 3. The summed E-state index contributed by atoms with van der Waals surface area (Å²) in [5, 5.41) is 13.3. The number of nitrogens with one attached hydrogen (secondary N) is 1. The van der Waals surface area contributed by atoms with E-state index >= 15 is 0 Å². The van der Waals surface area contributed by atoms with Gasteiger partial charge in [0.05, 0.1) is 11.5 Å². The zero-order chi connectivity index (χ0) is 11.7. The van der Waals surface area contributed by atoms with E-state index < -0.39 is 11.9 Å². The normalized spacial score (nSPS) is 15.2. The van der Waals surface area contributed by atoms with Crippen LogP contribution in [0.1, 0.15) is 18.6 Å². The van der Waals surface area contributed by atoms with Crippen LogP contribution in [0.4, 0.5) is 4.39 Å². The van der Waals surface area contributed by atoms with Gasteiger partial charge in [0, 0.05) is 6.04 Å². The van der Waals surface area contributed by atoms with Gasteiger partial charge in [0.1, 0.15) is 11.8 Å². The maximum atomic E-state index is 13.3. The Bertz CT molecular complexity index is 495. The van der Waals surface area contributed by atoms with Gasteiger partial charge in [-0.25, -0.2) is 4.39 Å². The van der Waals surface area contributed by atoms with E-state index in [4.69, 9.17) is 4.42 Å². The maximum absolute atomic E-state index is 13.3. The lowest BCUT2D eigenvalue weighted by molar-refractivity contribution is 0.140. The highest BCUT2D eigenvalue weighted by molar-refractivity contribution is 5.78. The van der Waals surface area contributed by atoms with E-state index in [-0.39, 0.29) is 6.04 Å². The van der Waals surface area contributed by atoms with Crippen LogP contribution in [0.25, 0.3) is 11.0 Å². The summed E-state index contributed by atoms with van der Waals surface area (Å²) in [4.78, 5) is 0. The zero-order valence-electron chi connectivity index (χ0n) is 9.20. The molecule has 3 nitrogen and oxygen atoms in total. The Morgan fingerprint density at radius 2 is 2.19 bits per heavy atom. The van der Waals surface area contributed by atoms with Crippen molar-refractivity contribution in [1.82, 2.24) is 5.32 Å². The molecule has 0 aliphatic heterocycles. The predicted molar refractivity (Wildman–Crippen MR) is 59.7 cm³/mol. The highest BCUT2D eigenvalue weighted by Gasteiger charge is 2.16. The fraction of sp³-hybridized carbons (Fsp3) is 0.333. The Morgan fingerprint density at radius 1 is 1.44 bits per heavy atom. The van der Waals surface area contributed by atoms with Crippen LogP contribution in [0.2, 0.25) is 0 Å². The molecule has 2 unspecified atom stereocenters. The molecule has 2 aromatic rings. The van der Waals surface area contributed by atoms with Gasteiger partial charge in [-0.1, -0.05) is 6.07 Å². The Morgan fingerprint density at radius 3 is 2.88 bits per heavy atom. The van der Waals surface area contributed by atoms with Gasteiger partial charge >= 0.3 is 0 Å². The molecule has 1 heterocycles. The number of aliphatic hydroxyl groups is 1. The van der Waals surface area contributed by atoms with Crippen molar-refractivity contribution < 1.29 is 13.9 Å². The summed E-state index contributed by atoms with van der Waals surface area (Å²) in [6.45, 7) is 1.86. The van der Waals surface area contributed by atoms with Gasteiger partial charge in [-0.2, -0.15) is 0 Å². The average molecular weight is 223 g/mol. The molecule has 1 aromatic heterocycles. The van der Waals surface area contributed by atoms with Crippen LogP contribution in [0.15, 0.2) is 28.9 Å². The Hall–Kier alpha value is -1.39. The summed E-state index contributed by atoms with van der Waals surface area (Å²) in [5.74, 6) is -0.402. The van der Waals surface area contributed by atoms with Crippen molar-refractivity contribution in [1.29, 1.82) is 0 Å². The minimum Gasteiger partial charge on any atom is -0.461 e. The van der Waals surface area contributed by atoms with Crippen molar-refractivity contribution in [2.75, 3.05) is 7.05 Å². The lowest BCUT2D eigenvalue weighted by Crippen LogP contribution is -2.28. The van der Waals surface area contributed by atoms with Crippen molar-refractivity contribution in [3.8, 4) is 0 Å². The topological polar surface area (TPSA) is 45.4 Å². The fourth-order valence-corrected chi connectivity index (χ4v) is 1.65. The number of halogens is 1. The summed E-state index contributed by atoms with van der Waals surface area (Å²) >= 11 is 0. The molecule has 0 amide bonds. The molecule has 0 aliphatic rings. The lowest BCUT2D eigenvalue weighted by Gasteiger charge is -2.18. The number of hydrogen-bond acceptors (Lipinski definition) is 3. The van der Waals surface area contributed by atoms with Crippen LogP contribution in [0.5, 0.6) is 0 Å². The van der Waals surface area contributed by atoms with Crippen LogP contribution < -0.4 is 5.32 Å². The van der Waals surface area contributed by atoms with Crippen molar-refractivity contribution in [2.45, 2.75) is 19.1 Å². The van der Waals surface area contributed by atoms with E-state index in [2.05, 4.69) is 5.32 Å². The first kappa shape index (κ1) is 11.1. The Labute approximate surface area is 92.9 Å². The van der Waals surface area contributed by atoms with Gasteiger partial charge in [0.25, 0.3) is 0 Å². The van der Waals surface area contributed by atoms with E-state index in [1.807, 2.05) is 6.92 Å². The SMILES string of the molecule is CNC(C)C(O)c1ccc2occ(F)c2c1. The number of benzene rings is 1. The van der Waals surface area contributed by atoms with Gasteiger partial charge in [-0.15, -0.1) is 0 Å². The third-order valence-electron chi connectivity index (χ3n) is 2.82. The van der Waals surface area contributed by atoms with Crippen LogP contribution in [0, 0.1) is 5.82 Å². The monoisotopic (exact) mass is 223 g/mol. The van der Waals surface area contributed by atoms with E-state index in [1.54, 1.807) is 25.2 Å². The molecular weight excluding hydrogens is 209 g/mol. The molecular formula is C12H14FNO2. The molecule has 1 aromatic carbocycles. The largest absolute Gasteiger partial charge is 0.461 e. The first-order valence-electron chi connectivity index (χ1n) is 5.15. The second-order valence-corrected chi connectivity index (χ2v) is 3.86. The van der Waals surface area contributed by atoms with E-state index in [0.717, 1.165) is 6.26 Å². The second-order valence-electron chi connectivity index (χ2n) is 3.86. The van der Waals surface area contributed by atoms with Crippen molar-refractivity contribution in [2.24, 2.45) is 0 Å². The minimum atomic E-state index is -0.663. The first-order valence-corrected chi connectivity index (χ1v) is 5.15. The summed E-state index contributed by atoms with van der Waals surface area (Å²) in [6, 6.07) is 4.93. The molecule has 4 heteroatoms. The maximum Gasteiger partial charge on any atom is 0.169 e. The Kier molecular flexibility index (Phi) is 2.94. The van der Waals surface area contributed by atoms with Crippen LogP contribution >= 0.6 is 0 Å². The van der Waals surface area contributed by atoms with Crippen molar-refractivity contribution in [3.63, 3.8) is 0 Å². The van der Waals surface area contributed by atoms with Crippen LogP contribution in [-0.4, -0.2) is 18.2 Å². The van der Waals surface area contributed by atoms with Gasteiger partial charge < -0.3 is 14.8 Å². The smallest absolute Gasteiger partial charge is 0.169 e. The molecule has 0 spiro atoms. The number of hydrogen-bond donors (Lipinski definition) is 2.